The highest BCUT2D eigenvalue weighted by molar-refractivity contribution is 8.01. The normalized spacial score (nSPS) is 12.6. The molecule has 2 heterocycles. The van der Waals surface area contributed by atoms with Crippen molar-refractivity contribution in [1.82, 2.24) is 14.8 Å². The molecule has 0 aliphatic heterocycles. The minimum atomic E-state index is 0.0917. The first-order chi connectivity index (χ1) is 10.5. The number of aromatic amines is 1. The van der Waals surface area contributed by atoms with Crippen molar-refractivity contribution in [2.75, 3.05) is 0 Å². The highest BCUT2D eigenvalue weighted by Gasteiger charge is 2.18. The summed E-state index contributed by atoms with van der Waals surface area (Å²) in [6, 6.07) is 1.58. The molecule has 2 aromatic heterocycles. The fourth-order valence-corrected chi connectivity index (χ4v) is 4.40. The third kappa shape index (κ3) is 4.27. The Kier molecular flexibility index (Phi) is 6.34. The van der Waals surface area contributed by atoms with Crippen LogP contribution < -0.4 is 0 Å². The van der Waals surface area contributed by atoms with E-state index < -0.39 is 0 Å². The Bertz CT molecular complexity index is 663. The van der Waals surface area contributed by atoms with E-state index in [1.165, 1.54) is 29.5 Å². The second kappa shape index (κ2) is 8.03. The summed E-state index contributed by atoms with van der Waals surface area (Å²) in [6.07, 6.45) is 4.46. The quantitative estimate of drug-likeness (QED) is 0.591. The number of nitrogens with zero attached hydrogens (tertiary/aromatic N) is 2. The van der Waals surface area contributed by atoms with E-state index in [1.54, 1.807) is 10.6 Å². The van der Waals surface area contributed by atoms with Gasteiger partial charge in [0.1, 0.15) is 0 Å². The third-order valence-corrected chi connectivity index (χ3v) is 5.78. The summed E-state index contributed by atoms with van der Waals surface area (Å²) in [7, 11) is 0. The molecule has 0 amide bonds. The van der Waals surface area contributed by atoms with Crippen molar-refractivity contribution < 1.29 is 10.2 Å². The standard InChI is InChI=1S/C14H21N3O2S3/c1-3-5-6-9(4-2)8-17-11(18)7-10(12(17)19)21-14-16-15-13(20)22-14/h7,9,18-19H,3-6,8H2,1-2H3,(H,15,20). The topological polar surface area (TPSA) is 74.1 Å². The van der Waals surface area contributed by atoms with Gasteiger partial charge in [0.2, 0.25) is 5.88 Å². The molecule has 0 bridgehead atoms. The van der Waals surface area contributed by atoms with Gasteiger partial charge in [-0.25, -0.2) is 0 Å². The molecule has 0 aromatic carbocycles. The van der Waals surface area contributed by atoms with Crippen molar-refractivity contribution in [2.45, 2.75) is 55.3 Å². The maximum atomic E-state index is 10.4. The number of aromatic nitrogens is 3. The number of unbranched alkanes of at least 4 members (excludes halogenated alkanes) is 1. The summed E-state index contributed by atoms with van der Waals surface area (Å²) in [5, 5.41) is 27.2. The van der Waals surface area contributed by atoms with E-state index in [9.17, 15) is 10.2 Å². The van der Waals surface area contributed by atoms with E-state index in [2.05, 4.69) is 24.0 Å². The van der Waals surface area contributed by atoms with E-state index >= 15 is 0 Å². The van der Waals surface area contributed by atoms with E-state index in [0.29, 0.717) is 21.3 Å². The second-order valence-electron chi connectivity index (χ2n) is 5.20. The summed E-state index contributed by atoms with van der Waals surface area (Å²) in [4.78, 5) is 0.598. The number of aromatic hydroxyl groups is 2. The number of hydrogen-bond donors (Lipinski definition) is 3. The van der Waals surface area contributed by atoms with Crippen LogP contribution in [0, 0.1) is 9.87 Å². The molecule has 0 saturated heterocycles. The molecule has 0 radical (unpaired) electrons. The van der Waals surface area contributed by atoms with Gasteiger partial charge in [0.05, 0.1) is 4.90 Å². The Morgan fingerprint density at radius 3 is 2.82 bits per heavy atom. The average molecular weight is 360 g/mol. The average Bonchev–Trinajstić information content (AvgIpc) is 3.01. The Morgan fingerprint density at radius 1 is 1.45 bits per heavy atom. The SMILES string of the molecule is CCCCC(CC)Cn1c(O)cc(Sc2n[nH]c(=S)s2)c1O. The van der Waals surface area contributed by atoms with E-state index in [0.717, 1.165) is 23.6 Å². The van der Waals surface area contributed by atoms with Gasteiger partial charge >= 0.3 is 0 Å². The number of H-pyrrole nitrogens is 1. The molecule has 5 nitrogen and oxygen atoms in total. The highest BCUT2D eigenvalue weighted by Crippen LogP contribution is 2.40. The van der Waals surface area contributed by atoms with Crippen LogP contribution in [0.2, 0.25) is 0 Å². The van der Waals surface area contributed by atoms with Crippen molar-refractivity contribution in [3.8, 4) is 11.8 Å². The van der Waals surface area contributed by atoms with Crippen molar-refractivity contribution in [1.29, 1.82) is 0 Å². The maximum absolute atomic E-state index is 10.4. The molecule has 0 fully saturated rings. The predicted octanol–water partition coefficient (Wildman–Crippen LogP) is 4.78. The summed E-state index contributed by atoms with van der Waals surface area (Å²) >= 11 is 7.64. The minimum absolute atomic E-state index is 0.0917. The van der Waals surface area contributed by atoms with Crippen molar-refractivity contribution in [3.63, 3.8) is 0 Å². The van der Waals surface area contributed by atoms with Crippen LogP contribution >= 0.6 is 35.3 Å². The van der Waals surface area contributed by atoms with Crippen molar-refractivity contribution in [3.05, 3.63) is 10.0 Å². The van der Waals surface area contributed by atoms with Crippen LogP contribution in [0.4, 0.5) is 0 Å². The molecular formula is C14H21N3O2S3. The summed E-state index contributed by atoms with van der Waals surface area (Å²) in [6.45, 7) is 4.94. The first-order valence-corrected chi connectivity index (χ1v) is 9.44. The van der Waals surface area contributed by atoms with Gasteiger partial charge in [-0.15, -0.1) is 0 Å². The molecule has 0 saturated carbocycles. The number of rotatable bonds is 8. The fraction of sp³-hybridized carbons (Fsp3) is 0.571. The lowest BCUT2D eigenvalue weighted by Gasteiger charge is -2.16. The Balaban J connectivity index is 2.13. The van der Waals surface area contributed by atoms with Crippen LogP contribution in [0.3, 0.4) is 0 Å². The van der Waals surface area contributed by atoms with E-state index in [-0.39, 0.29) is 11.8 Å². The van der Waals surface area contributed by atoms with Crippen LogP contribution in [0.25, 0.3) is 0 Å². The minimum Gasteiger partial charge on any atom is -0.494 e. The number of hydrogen-bond acceptors (Lipinski definition) is 6. The first-order valence-electron chi connectivity index (χ1n) is 7.39. The van der Waals surface area contributed by atoms with E-state index in [1.807, 2.05) is 0 Å². The lowest BCUT2D eigenvalue weighted by Crippen LogP contribution is -2.09. The fourth-order valence-electron chi connectivity index (χ4n) is 2.29. The largest absolute Gasteiger partial charge is 0.494 e. The van der Waals surface area contributed by atoms with Gasteiger partial charge in [0, 0.05) is 12.6 Å². The molecule has 22 heavy (non-hydrogen) atoms. The van der Waals surface area contributed by atoms with E-state index in [4.69, 9.17) is 12.2 Å². The van der Waals surface area contributed by atoms with Crippen LogP contribution in [0.1, 0.15) is 39.5 Å². The van der Waals surface area contributed by atoms with Gasteiger partial charge in [0.25, 0.3) is 0 Å². The lowest BCUT2D eigenvalue weighted by atomic mass is 9.99. The molecule has 1 unspecified atom stereocenters. The molecule has 2 rings (SSSR count). The molecule has 0 spiro atoms. The Labute approximate surface area is 143 Å². The smallest absolute Gasteiger partial charge is 0.208 e. The zero-order chi connectivity index (χ0) is 16.1. The van der Waals surface area contributed by atoms with Gasteiger partial charge in [0.15, 0.2) is 14.2 Å². The van der Waals surface area contributed by atoms with Crippen molar-refractivity contribution >= 4 is 35.3 Å². The molecule has 1 atom stereocenters. The molecular weight excluding hydrogens is 338 g/mol. The van der Waals surface area contributed by atoms with Gasteiger partial charge < -0.3 is 10.2 Å². The van der Waals surface area contributed by atoms with Crippen LogP contribution in [-0.2, 0) is 6.54 Å². The first kappa shape index (κ1) is 17.4. The Morgan fingerprint density at radius 2 is 2.23 bits per heavy atom. The second-order valence-corrected chi connectivity index (χ2v) is 8.15. The highest BCUT2D eigenvalue weighted by atomic mass is 32.2. The number of nitrogens with one attached hydrogen (secondary N) is 1. The Hall–Kier alpha value is -0.990. The molecule has 8 heteroatoms. The maximum Gasteiger partial charge on any atom is 0.208 e. The molecule has 122 valence electrons. The van der Waals surface area contributed by atoms with Crippen LogP contribution in [0.5, 0.6) is 11.8 Å². The molecule has 0 aliphatic carbocycles. The predicted molar refractivity (Wildman–Crippen MR) is 92.5 cm³/mol. The molecule has 0 aliphatic rings. The van der Waals surface area contributed by atoms with Crippen LogP contribution in [0.15, 0.2) is 15.3 Å². The van der Waals surface area contributed by atoms with Crippen LogP contribution in [-0.4, -0.2) is 25.0 Å². The van der Waals surface area contributed by atoms with Gasteiger partial charge in [-0.2, -0.15) is 5.10 Å². The monoisotopic (exact) mass is 359 g/mol. The molecule has 2 aromatic rings. The lowest BCUT2D eigenvalue weighted by molar-refractivity contribution is 0.313. The molecule has 3 N–H and O–H groups in total. The summed E-state index contributed by atoms with van der Waals surface area (Å²) in [5.74, 6) is 0.641. The third-order valence-electron chi connectivity index (χ3n) is 3.61. The summed E-state index contributed by atoms with van der Waals surface area (Å²) in [5.41, 5.74) is 0. The van der Waals surface area contributed by atoms with Gasteiger partial charge in [-0.05, 0) is 24.6 Å². The summed E-state index contributed by atoms with van der Waals surface area (Å²) < 4.78 is 2.89. The zero-order valence-electron chi connectivity index (χ0n) is 12.7. The van der Waals surface area contributed by atoms with Gasteiger partial charge in [-0.1, -0.05) is 56.2 Å². The van der Waals surface area contributed by atoms with Crippen molar-refractivity contribution in [2.24, 2.45) is 5.92 Å². The zero-order valence-corrected chi connectivity index (χ0v) is 15.2. The van der Waals surface area contributed by atoms with Gasteiger partial charge in [-0.3, -0.25) is 9.67 Å².